The van der Waals surface area contributed by atoms with E-state index in [-0.39, 0.29) is 5.91 Å². The SMILES string of the molecule is CC(C)c1cccc2c1NC(C)(C)C(=O)N2C. The number of carbonyl (C=O) groups excluding carboxylic acids is 1. The standard InChI is InChI=1S/C14H20N2O/c1-9(2)10-7-6-8-11-12(10)15-14(3,4)13(17)16(11)5/h6-9,15H,1-5H3. The largest absolute Gasteiger partial charge is 0.370 e. The minimum Gasteiger partial charge on any atom is -0.370 e. The molecule has 0 radical (unpaired) electrons. The maximum atomic E-state index is 12.2. The van der Waals surface area contributed by atoms with E-state index in [4.69, 9.17) is 0 Å². The predicted molar refractivity (Wildman–Crippen MR) is 71.6 cm³/mol. The lowest BCUT2D eigenvalue weighted by molar-refractivity contribution is -0.121. The highest BCUT2D eigenvalue weighted by molar-refractivity contribution is 6.07. The average molecular weight is 232 g/mol. The normalized spacial score (nSPS) is 18.0. The number of hydrogen-bond acceptors (Lipinski definition) is 2. The van der Waals surface area contributed by atoms with Gasteiger partial charge in [-0.15, -0.1) is 0 Å². The van der Waals surface area contributed by atoms with Crippen molar-refractivity contribution in [3.63, 3.8) is 0 Å². The Bertz CT molecular complexity index is 463. The van der Waals surface area contributed by atoms with Crippen LogP contribution in [0.25, 0.3) is 0 Å². The van der Waals surface area contributed by atoms with Crippen molar-refractivity contribution in [1.82, 2.24) is 0 Å². The fraction of sp³-hybridized carbons (Fsp3) is 0.500. The van der Waals surface area contributed by atoms with Gasteiger partial charge in [0.25, 0.3) is 5.91 Å². The molecule has 17 heavy (non-hydrogen) atoms. The van der Waals surface area contributed by atoms with Gasteiger partial charge in [-0.25, -0.2) is 0 Å². The van der Waals surface area contributed by atoms with Gasteiger partial charge in [0.05, 0.1) is 11.4 Å². The number of nitrogens with one attached hydrogen (secondary N) is 1. The second-order valence-electron chi connectivity index (χ2n) is 5.51. The van der Waals surface area contributed by atoms with Gasteiger partial charge in [-0.3, -0.25) is 4.79 Å². The van der Waals surface area contributed by atoms with E-state index < -0.39 is 5.54 Å². The number of rotatable bonds is 1. The van der Waals surface area contributed by atoms with Crippen molar-refractivity contribution in [2.45, 2.75) is 39.2 Å². The van der Waals surface area contributed by atoms with Crippen molar-refractivity contribution in [1.29, 1.82) is 0 Å². The first kappa shape index (κ1) is 12.0. The highest BCUT2D eigenvalue weighted by Crippen LogP contribution is 2.39. The molecule has 1 heterocycles. The van der Waals surface area contributed by atoms with E-state index >= 15 is 0 Å². The third kappa shape index (κ3) is 1.79. The van der Waals surface area contributed by atoms with Gasteiger partial charge in [-0.1, -0.05) is 26.0 Å². The van der Waals surface area contributed by atoms with Crippen LogP contribution in [0.15, 0.2) is 18.2 Å². The van der Waals surface area contributed by atoms with E-state index in [9.17, 15) is 4.79 Å². The van der Waals surface area contributed by atoms with Crippen LogP contribution in [0.4, 0.5) is 11.4 Å². The van der Waals surface area contributed by atoms with Crippen LogP contribution in [0, 0.1) is 0 Å². The van der Waals surface area contributed by atoms with E-state index in [2.05, 4.69) is 25.2 Å². The molecule has 2 rings (SSSR count). The fourth-order valence-electron chi connectivity index (χ4n) is 2.35. The van der Waals surface area contributed by atoms with E-state index in [1.807, 2.05) is 33.0 Å². The zero-order chi connectivity index (χ0) is 12.8. The zero-order valence-electron chi connectivity index (χ0n) is 11.2. The van der Waals surface area contributed by atoms with E-state index in [1.54, 1.807) is 4.90 Å². The van der Waals surface area contributed by atoms with Gasteiger partial charge in [0.15, 0.2) is 0 Å². The first-order valence-electron chi connectivity index (χ1n) is 6.04. The minimum absolute atomic E-state index is 0.103. The molecule has 1 amide bonds. The lowest BCUT2D eigenvalue weighted by atomic mass is 9.93. The number of likely N-dealkylation sites (N-methyl/N-ethyl adjacent to an activating group) is 1. The Morgan fingerprint density at radius 1 is 1.29 bits per heavy atom. The molecule has 0 saturated heterocycles. The van der Waals surface area contributed by atoms with Crippen LogP contribution < -0.4 is 10.2 Å². The molecule has 0 saturated carbocycles. The summed E-state index contributed by atoms with van der Waals surface area (Å²) >= 11 is 0. The molecule has 0 spiro atoms. The van der Waals surface area contributed by atoms with Crippen molar-refractivity contribution in [3.8, 4) is 0 Å². The van der Waals surface area contributed by atoms with Crippen molar-refractivity contribution in [2.75, 3.05) is 17.3 Å². The summed E-state index contributed by atoms with van der Waals surface area (Å²) in [6.07, 6.45) is 0. The van der Waals surface area contributed by atoms with Crippen LogP contribution in [0.5, 0.6) is 0 Å². The van der Waals surface area contributed by atoms with E-state index in [1.165, 1.54) is 5.56 Å². The minimum atomic E-state index is -0.535. The van der Waals surface area contributed by atoms with Gasteiger partial charge in [-0.05, 0) is 31.4 Å². The summed E-state index contributed by atoms with van der Waals surface area (Å²) in [5.41, 5.74) is 2.79. The molecule has 0 aromatic heterocycles. The first-order chi connectivity index (χ1) is 7.84. The lowest BCUT2D eigenvalue weighted by Gasteiger charge is -2.39. The molecule has 0 atom stereocenters. The zero-order valence-corrected chi connectivity index (χ0v) is 11.2. The second kappa shape index (κ2) is 3.76. The molecule has 0 unspecified atom stereocenters. The summed E-state index contributed by atoms with van der Waals surface area (Å²) < 4.78 is 0. The molecule has 1 aliphatic heterocycles. The van der Waals surface area contributed by atoms with Crippen LogP contribution in [0.3, 0.4) is 0 Å². The highest BCUT2D eigenvalue weighted by Gasteiger charge is 2.37. The van der Waals surface area contributed by atoms with Gasteiger partial charge in [0.1, 0.15) is 5.54 Å². The second-order valence-corrected chi connectivity index (χ2v) is 5.51. The molecule has 0 aliphatic carbocycles. The summed E-state index contributed by atoms with van der Waals surface area (Å²) in [7, 11) is 1.84. The molecule has 1 aromatic carbocycles. The van der Waals surface area contributed by atoms with Gasteiger partial charge >= 0.3 is 0 Å². The summed E-state index contributed by atoms with van der Waals surface area (Å²) in [5, 5.41) is 3.38. The Labute approximate surface area is 103 Å². The number of benzene rings is 1. The molecule has 0 fully saturated rings. The van der Waals surface area contributed by atoms with Crippen LogP contribution in [0.1, 0.15) is 39.2 Å². The molecular weight excluding hydrogens is 212 g/mol. The molecule has 1 aliphatic rings. The summed E-state index contributed by atoms with van der Waals surface area (Å²) in [6, 6.07) is 6.12. The monoisotopic (exact) mass is 232 g/mol. The van der Waals surface area contributed by atoms with Crippen molar-refractivity contribution < 1.29 is 4.79 Å². The number of para-hydroxylation sites is 1. The Kier molecular flexibility index (Phi) is 2.64. The van der Waals surface area contributed by atoms with Crippen LogP contribution in [-0.2, 0) is 4.79 Å². The third-order valence-corrected chi connectivity index (χ3v) is 3.33. The molecule has 3 heteroatoms. The third-order valence-electron chi connectivity index (χ3n) is 3.33. The Morgan fingerprint density at radius 2 is 1.94 bits per heavy atom. The summed E-state index contributed by atoms with van der Waals surface area (Å²) in [5.74, 6) is 0.542. The van der Waals surface area contributed by atoms with Gasteiger partial charge in [-0.2, -0.15) is 0 Å². The number of nitrogens with zero attached hydrogens (tertiary/aromatic N) is 1. The number of anilines is 2. The maximum Gasteiger partial charge on any atom is 0.251 e. The molecule has 0 bridgehead atoms. The number of amides is 1. The van der Waals surface area contributed by atoms with E-state index in [0.717, 1.165) is 11.4 Å². The van der Waals surface area contributed by atoms with Gasteiger partial charge in [0.2, 0.25) is 0 Å². The number of fused-ring (bicyclic) bond motifs is 1. The molecular formula is C14H20N2O. The highest BCUT2D eigenvalue weighted by atomic mass is 16.2. The van der Waals surface area contributed by atoms with Gasteiger partial charge in [0, 0.05) is 7.05 Å². The van der Waals surface area contributed by atoms with Crippen LogP contribution in [-0.4, -0.2) is 18.5 Å². The molecule has 1 aromatic rings. The van der Waals surface area contributed by atoms with Crippen molar-refractivity contribution in [3.05, 3.63) is 23.8 Å². The lowest BCUT2D eigenvalue weighted by Crippen LogP contribution is -2.52. The summed E-state index contributed by atoms with van der Waals surface area (Å²) in [6.45, 7) is 8.18. The Hall–Kier alpha value is -1.51. The maximum absolute atomic E-state index is 12.2. The quantitative estimate of drug-likeness (QED) is 0.807. The molecule has 92 valence electrons. The molecule has 1 N–H and O–H groups in total. The van der Waals surface area contributed by atoms with Crippen molar-refractivity contribution >= 4 is 17.3 Å². The van der Waals surface area contributed by atoms with Crippen LogP contribution in [0.2, 0.25) is 0 Å². The topological polar surface area (TPSA) is 32.3 Å². The fourth-order valence-corrected chi connectivity index (χ4v) is 2.35. The predicted octanol–water partition coefficient (Wildman–Crippen LogP) is 2.98. The first-order valence-corrected chi connectivity index (χ1v) is 6.04. The Morgan fingerprint density at radius 3 is 2.53 bits per heavy atom. The number of hydrogen-bond donors (Lipinski definition) is 1. The van der Waals surface area contributed by atoms with E-state index in [0.29, 0.717) is 5.92 Å². The van der Waals surface area contributed by atoms with Gasteiger partial charge < -0.3 is 10.2 Å². The summed E-state index contributed by atoms with van der Waals surface area (Å²) in [4.78, 5) is 13.9. The smallest absolute Gasteiger partial charge is 0.251 e. The number of carbonyl (C=O) groups is 1. The van der Waals surface area contributed by atoms with Crippen LogP contribution >= 0.6 is 0 Å². The Balaban J connectivity index is 2.61. The average Bonchev–Trinajstić information content (AvgIpc) is 2.25. The van der Waals surface area contributed by atoms with Crippen molar-refractivity contribution in [2.24, 2.45) is 0 Å². The molecule has 3 nitrogen and oxygen atoms in total.